The van der Waals surface area contributed by atoms with Crippen LogP contribution in [0.3, 0.4) is 0 Å². The molecule has 2 fully saturated rings. The summed E-state index contributed by atoms with van der Waals surface area (Å²) in [5.74, 6) is 0. The van der Waals surface area contributed by atoms with Crippen LogP contribution < -0.4 is 10.6 Å². The van der Waals surface area contributed by atoms with Crippen LogP contribution in [0.15, 0.2) is 0 Å². The predicted octanol–water partition coefficient (Wildman–Crippen LogP) is 2.10. The molecule has 4 heteroatoms. The molecule has 104 valence electrons. The summed E-state index contributed by atoms with van der Waals surface area (Å²) in [6.45, 7) is 6.28. The molecule has 2 rings (SSSR count). The van der Waals surface area contributed by atoms with Crippen LogP contribution in [0.4, 0.5) is 4.79 Å². The highest BCUT2D eigenvalue weighted by atomic mass is 16.2. The van der Waals surface area contributed by atoms with Crippen molar-refractivity contribution in [3.63, 3.8) is 0 Å². The number of nitrogens with zero attached hydrogens (tertiary/aromatic N) is 1. The van der Waals surface area contributed by atoms with E-state index in [4.69, 9.17) is 0 Å². The summed E-state index contributed by atoms with van der Waals surface area (Å²) in [5, 5.41) is 5.98. The van der Waals surface area contributed by atoms with Gasteiger partial charge in [0.1, 0.15) is 0 Å². The number of carbonyl (C=O) groups is 1. The number of amides is 2. The van der Waals surface area contributed by atoms with Crippen LogP contribution in [0.1, 0.15) is 52.4 Å². The lowest BCUT2D eigenvalue weighted by molar-refractivity contribution is 0.145. The smallest absolute Gasteiger partial charge is 0.315 e. The van der Waals surface area contributed by atoms with Gasteiger partial charge in [0, 0.05) is 31.2 Å². The Morgan fingerprint density at radius 2 is 1.72 bits per heavy atom. The first-order chi connectivity index (χ1) is 8.65. The van der Waals surface area contributed by atoms with Crippen molar-refractivity contribution in [2.24, 2.45) is 0 Å². The SMILES string of the molecule is CC(C)NC(=O)NC1CCN(C2CCCC2)CC1. The van der Waals surface area contributed by atoms with E-state index in [1.54, 1.807) is 0 Å². The largest absolute Gasteiger partial charge is 0.336 e. The summed E-state index contributed by atoms with van der Waals surface area (Å²) in [4.78, 5) is 14.3. The third kappa shape index (κ3) is 3.87. The highest BCUT2D eigenvalue weighted by Gasteiger charge is 2.27. The van der Waals surface area contributed by atoms with Crippen molar-refractivity contribution in [1.29, 1.82) is 0 Å². The third-order valence-electron chi connectivity index (χ3n) is 4.13. The molecule has 1 saturated heterocycles. The van der Waals surface area contributed by atoms with Crippen LogP contribution in [0.2, 0.25) is 0 Å². The lowest BCUT2D eigenvalue weighted by atomic mass is 10.0. The summed E-state index contributed by atoms with van der Waals surface area (Å²) in [7, 11) is 0. The molecule has 2 aliphatic rings. The molecular weight excluding hydrogens is 226 g/mol. The van der Waals surface area contributed by atoms with Crippen molar-refractivity contribution < 1.29 is 4.79 Å². The minimum Gasteiger partial charge on any atom is -0.336 e. The zero-order chi connectivity index (χ0) is 13.0. The van der Waals surface area contributed by atoms with Gasteiger partial charge in [-0.2, -0.15) is 0 Å². The molecule has 2 N–H and O–H groups in total. The summed E-state index contributed by atoms with van der Waals surface area (Å²) in [5.41, 5.74) is 0. The average molecular weight is 253 g/mol. The van der Waals surface area contributed by atoms with Crippen LogP contribution in [-0.4, -0.2) is 42.1 Å². The van der Waals surface area contributed by atoms with Crippen LogP contribution in [0, 0.1) is 0 Å². The van der Waals surface area contributed by atoms with Crippen molar-refractivity contribution >= 4 is 6.03 Å². The van der Waals surface area contributed by atoms with Gasteiger partial charge in [-0.15, -0.1) is 0 Å². The number of urea groups is 1. The van der Waals surface area contributed by atoms with Gasteiger partial charge in [0.15, 0.2) is 0 Å². The molecular formula is C14H27N3O. The van der Waals surface area contributed by atoms with Crippen molar-refractivity contribution in [3.8, 4) is 0 Å². The van der Waals surface area contributed by atoms with Crippen molar-refractivity contribution in [2.75, 3.05) is 13.1 Å². The Labute approximate surface area is 110 Å². The van der Waals surface area contributed by atoms with Crippen molar-refractivity contribution in [3.05, 3.63) is 0 Å². The van der Waals surface area contributed by atoms with E-state index in [1.807, 2.05) is 13.8 Å². The summed E-state index contributed by atoms with van der Waals surface area (Å²) < 4.78 is 0. The second kappa shape index (κ2) is 6.41. The molecule has 0 aromatic rings. The number of rotatable bonds is 3. The fraction of sp³-hybridized carbons (Fsp3) is 0.929. The van der Waals surface area contributed by atoms with Gasteiger partial charge in [-0.1, -0.05) is 12.8 Å². The monoisotopic (exact) mass is 253 g/mol. The maximum Gasteiger partial charge on any atom is 0.315 e. The van der Waals surface area contributed by atoms with Gasteiger partial charge < -0.3 is 15.5 Å². The van der Waals surface area contributed by atoms with E-state index in [0.717, 1.165) is 32.0 Å². The topological polar surface area (TPSA) is 44.4 Å². The van der Waals surface area contributed by atoms with E-state index in [-0.39, 0.29) is 12.1 Å². The summed E-state index contributed by atoms with van der Waals surface area (Å²) >= 11 is 0. The van der Waals surface area contributed by atoms with Gasteiger partial charge in [0.05, 0.1) is 0 Å². The van der Waals surface area contributed by atoms with Gasteiger partial charge in [0.2, 0.25) is 0 Å². The van der Waals surface area contributed by atoms with E-state index in [9.17, 15) is 4.79 Å². The predicted molar refractivity (Wildman–Crippen MR) is 73.7 cm³/mol. The Morgan fingerprint density at radius 3 is 2.28 bits per heavy atom. The molecule has 0 spiro atoms. The second-order valence-corrected chi connectivity index (χ2v) is 6.02. The number of hydrogen-bond donors (Lipinski definition) is 2. The number of nitrogens with one attached hydrogen (secondary N) is 2. The lowest BCUT2D eigenvalue weighted by Crippen LogP contribution is -2.50. The van der Waals surface area contributed by atoms with Crippen LogP contribution in [0.5, 0.6) is 0 Å². The fourth-order valence-electron chi connectivity index (χ4n) is 3.17. The van der Waals surface area contributed by atoms with Crippen LogP contribution >= 0.6 is 0 Å². The molecule has 18 heavy (non-hydrogen) atoms. The molecule has 1 aliphatic heterocycles. The first-order valence-electron chi connectivity index (χ1n) is 7.46. The van der Waals surface area contributed by atoms with E-state index < -0.39 is 0 Å². The number of carbonyl (C=O) groups excluding carboxylic acids is 1. The number of likely N-dealkylation sites (tertiary alicyclic amines) is 1. The van der Waals surface area contributed by atoms with Crippen molar-refractivity contribution in [2.45, 2.75) is 70.5 Å². The molecule has 0 aromatic carbocycles. The fourth-order valence-corrected chi connectivity index (χ4v) is 3.17. The lowest BCUT2D eigenvalue weighted by Gasteiger charge is -2.36. The Kier molecular flexibility index (Phi) is 4.87. The molecule has 0 unspecified atom stereocenters. The van der Waals surface area contributed by atoms with Gasteiger partial charge >= 0.3 is 6.03 Å². The Balaban J connectivity index is 1.68. The normalized spacial score (nSPS) is 23.5. The Hall–Kier alpha value is -0.770. The maximum absolute atomic E-state index is 11.6. The summed E-state index contributed by atoms with van der Waals surface area (Å²) in [6, 6.07) is 1.39. The summed E-state index contributed by atoms with van der Waals surface area (Å²) in [6.07, 6.45) is 7.77. The molecule has 0 atom stereocenters. The number of piperidine rings is 1. The van der Waals surface area contributed by atoms with E-state index in [0.29, 0.717) is 6.04 Å². The average Bonchev–Trinajstić information content (AvgIpc) is 2.82. The molecule has 0 bridgehead atoms. The molecule has 2 amide bonds. The maximum atomic E-state index is 11.6. The van der Waals surface area contributed by atoms with Crippen LogP contribution in [-0.2, 0) is 0 Å². The van der Waals surface area contributed by atoms with E-state index in [2.05, 4.69) is 15.5 Å². The minimum atomic E-state index is -0.00989. The highest BCUT2D eigenvalue weighted by molar-refractivity contribution is 5.74. The molecule has 1 heterocycles. The quantitative estimate of drug-likeness (QED) is 0.809. The Bertz CT molecular complexity index is 266. The standard InChI is InChI=1S/C14H27N3O/c1-11(2)15-14(18)16-12-7-9-17(10-8-12)13-5-3-4-6-13/h11-13H,3-10H2,1-2H3,(H2,15,16,18). The van der Waals surface area contributed by atoms with Crippen LogP contribution in [0.25, 0.3) is 0 Å². The zero-order valence-corrected chi connectivity index (χ0v) is 11.7. The minimum absolute atomic E-state index is 0.00989. The van der Waals surface area contributed by atoms with Gasteiger partial charge in [-0.25, -0.2) is 4.79 Å². The van der Waals surface area contributed by atoms with E-state index >= 15 is 0 Å². The molecule has 4 nitrogen and oxygen atoms in total. The van der Waals surface area contributed by atoms with Crippen molar-refractivity contribution in [1.82, 2.24) is 15.5 Å². The zero-order valence-electron chi connectivity index (χ0n) is 11.7. The van der Waals surface area contributed by atoms with Gasteiger partial charge in [-0.3, -0.25) is 0 Å². The second-order valence-electron chi connectivity index (χ2n) is 6.02. The molecule has 1 saturated carbocycles. The first kappa shape index (κ1) is 13.7. The highest BCUT2D eigenvalue weighted by Crippen LogP contribution is 2.26. The molecule has 0 radical (unpaired) electrons. The van der Waals surface area contributed by atoms with E-state index in [1.165, 1.54) is 25.7 Å². The molecule has 1 aliphatic carbocycles. The third-order valence-corrected chi connectivity index (χ3v) is 4.13. The van der Waals surface area contributed by atoms with Gasteiger partial charge in [0.25, 0.3) is 0 Å². The number of hydrogen-bond acceptors (Lipinski definition) is 2. The first-order valence-corrected chi connectivity index (χ1v) is 7.46. The molecule has 0 aromatic heterocycles. The Morgan fingerprint density at radius 1 is 1.11 bits per heavy atom. The van der Waals surface area contributed by atoms with Gasteiger partial charge in [-0.05, 0) is 39.5 Å².